The van der Waals surface area contributed by atoms with E-state index in [-0.39, 0.29) is 25.3 Å². The Kier molecular flexibility index (Phi) is 6.54. The minimum Gasteiger partial charge on any atom is -0.461 e. The molecule has 0 aliphatic carbocycles. The third kappa shape index (κ3) is 4.67. The van der Waals surface area contributed by atoms with Gasteiger partial charge in [0.25, 0.3) is 6.08 Å². The van der Waals surface area contributed by atoms with Crippen molar-refractivity contribution in [3.63, 3.8) is 0 Å². The largest absolute Gasteiger partial charge is 0.461 e. The molecule has 0 atom stereocenters. The number of rotatable bonds is 7. The van der Waals surface area contributed by atoms with Crippen LogP contribution in [-0.4, -0.2) is 28.6 Å². The van der Waals surface area contributed by atoms with E-state index in [1.807, 2.05) is 30.5 Å². The van der Waals surface area contributed by atoms with Crippen molar-refractivity contribution in [3.05, 3.63) is 48.2 Å². The van der Waals surface area contributed by atoms with E-state index in [9.17, 15) is 13.6 Å². The number of hydrogen-bond donors (Lipinski definition) is 0. The summed E-state index contributed by atoms with van der Waals surface area (Å²) in [5, 5.41) is 4.37. The summed E-state index contributed by atoms with van der Waals surface area (Å²) in [6, 6.07) is 9.37. The molecule has 1 aromatic carbocycles. The van der Waals surface area contributed by atoms with Gasteiger partial charge < -0.3 is 4.74 Å². The Morgan fingerprint density at radius 1 is 1.33 bits per heavy atom. The Hall–Kier alpha value is -2.15. The van der Waals surface area contributed by atoms with Crippen LogP contribution >= 0.6 is 11.8 Å². The van der Waals surface area contributed by atoms with Gasteiger partial charge in [-0.3, -0.25) is 4.68 Å². The molecule has 0 saturated carbocycles. The zero-order valence-electron chi connectivity index (χ0n) is 13.5. The predicted octanol–water partition coefficient (Wildman–Crippen LogP) is 4.62. The van der Waals surface area contributed by atoms with Crippen molar-refractivity contribution in [1.29, 1.82) is 0 Å². The molecule has 0 spiro atoms. The van der Waals surface area contributed by atoms with E-state index in [4.69, 9.17) is 4.74 Å². The minimum atomic E-state index is -1.74. The highest BCUT2D eigenvalue weighted by Gasteiger charge is 2.17. The van der Waals surface area contributed by atoms with E-state index in [0.29, 0.717) is 5.69 Å². The number of aryl methyl sites for hydroxylation is 1. The van der Waals surface area contributed by atoms with Crippen LogP contribution in [0.25, 0.3) is 11.3 Å². The molecule has 0 unspecified atom stereocenters. The number of aromatic nitrogens is 2. The molecular formula is C17H18F2N2O2S. The number of esters is 1. The van der Waals surface area contributed by atoms with Gasteiger partial charge in [-0.25, -0.2) is 4.79 Å². The van der Waals surface area contributed by atoms with Crippen LogP contribution in [0.3, 0.4) is 0 Å². The third-order valence-corrected chi connectivity index (χ3v) is 4.03. The van der Waals surface area contributed by atoms with Gasteiger partial charge in [-0.15, -0.1) is 11.8 Å². The number of carbonyl (C=O) groups is 1. The highest BCUT2D eigenvalue weighted by atomic mass is 32.2. The fourth-order valence-electron chi connectivity index (χ4n) is 2.16. The number of nitrogens with zero attached hydrogens (tertiary/aromatic N) is 2. The predicted molar refractivity (Wildman–Crippen MR) is 90.3 cm³/mol. The number of thioether (sulfide) groups is 1. The maximum absolute atomic E-state index is 12.2. The van der Waals surface area contributed by atoms with E-state index >= 15 is 0 Å². The molecule has 0 aliphatic heterocycles. The van der Waals surface area contributed by atoms with Crippen molar-refractivity contribution in [2.24, 2.45) is 0 Å². The molecule has 0 radical (unpaired) electrons. The first kappa shape index (κ1) is 18.2. The first-order chi connectivity index (χ1) is 11.5. The monoisotopic (exact) mass is 352 g/mol. The Bertz CT molecular complexity index is 723. The second-order valence-corrected chi connectivity index (χ2v) is 5.75. The summed E-state index contributed by atoms with van der Waals surface area (Å²) < 4.78 is 30.8. The molecule has 0 amide bonds. The molecule has 24 heavy (non-hydrogen) atoms. The Morgan fingerprint density at radius 3 is 2.62 bits per heavy atom. The lowest BCUT2D eigenvalue weighted by atomic mass is 10.1. The number of benzene rings is 1. The molecule has 0 bridgehead atoms. The van der Waals surface area contributed by atoms with Crippen LogP contribution in [0.15, 0.2) is 47.4 Å². The maximum atomic E-state index is 12.2. The molecular weight excluding hydrogens is 334 g/mol. The lowest BCUT2D eigenvalue weighted by Crippen LogP contribution is -2.13. The molecule has 1 heterocycles. The highest BCUT2D eigenvalue weighted by Crippen LogP contribution is 2.23. The van der Waals surface area contributed by atoms with Gasteiger partial charge in [0, 0.05) is 17.0 Å². The molecule has 2 aromatic rings. The molecule has 1 aromatic heterocycles. The number of halogens is 2. The van der Waals surface area contributed by atoms with Gasteiger partial charge in [0.05, 0.1) is 12.3 Å². The first-order valence-corrected chi connectivity index (χ1v) is 8.68. The molecule has 2 rings (SSSR count). The standard InChI is InChI=1S/C17H18F2N2O2S/c1-3-23-17(22)15-11-14(12-6-8-13(24-2)9-7-12)20-21(15)10-4-5-16(18)19/h5-9,11H,3-4,10H2,1-2H3. The first-order valence-electron chi connectivity index (χ1n) is 7.45. The fraction of sp³-hybridized carbons (Fsp3) is 0.294. The van der Waals surface area contributed by atoms with Gasteiger partial charge in [0.15, 0.2) is 0 Å². The van der Waals surface area contributed by atoms with Crippen molar-refractivity contribution in [1.82, 2.24) is 9.78 Å². The van der Waals surface area contributed by atoms with Crippen molar-refractivity contribution in [2.75, 3.05) is 12.9 Å². The Morgan fingerprint density at radius 2 is 2.04 bits per heavy atom. The van der Waals surface area contributed by atoms with Gasteiger partial charge in [-0.05, 0) is 43.9 Å². The lowest BCUT2D eigenvalue weighted by molar-refractivity contribution is 0.0512. The molecule has 7 heteroatoms. The fourth-order valence-corrected chi connectivity index (χ4v) is 2.56. The molecule has 128 valence electrons. The number of carbonyl (C=O) groups excluding carboxylic acids is 1. The number of hydrogen-bond acceptors (Lipinski definition) is 4. The Labute approximate surface area is 143 Å². The van der Waals surface area contributed by atoms with Crippen LogP contribution in [0.4, 0.5) is 8.78 Å². The third-order valence-electron chi connectivity index (χ3n) is 3.29. The second kappa shape index (κ2) is 8.63. The summed E-state index contributed by atoms with van der Waals surface area (Å²) in [6.07, 6.45) is 1.14. The summed E-state index contributed by atoms with van der Waals surface area (Å²) in [5.41, 5.74) is 1.72. The molecule has 0 saturated heterocycles. The lowest BCUT2D eigenvalue weighted by Gasteiger charge is -2.04. The zero-order valence-corrected chi connectivity index (χ0v) is 14.3. The summed E-state index contributed by atoms with van der Waals surface area (Å²) in [4.78, 5) is 13.2. The molecule has 4 nitrogen and oxygen atoms in total. The smallest absolute Gasteiger partial charge is 0.356 e. The highest BCUT2D eigenvalue weighted by molar-refractivity contribution is 7.98. The summed E-state index contributed by atoms with van der Waals surface area (Å²) >= 11 is 1.63. The van der Waals surface area contributed by atoms with E-state index in [1.54, 1.807) is 24.8 Å². The number of ether oxygens (including phenoxy) is 1. The maximum Gasteiger partial charge on any atom is 0.356 e. The minimum absolute atomic E-state index is 0.0846. The SMILES string of the molecule is CCOC(=O)c1cc(-c2ccc(SC)cc2)nn1CCC=C(F)F. The van der Waals surface area contributed by atoms with E-state index < -0.39 is 12.0 Å². The van der Waals surface area contributed by atoms with Crippen LogP contribution in [0.2, 0.25) is 0 Å². The van der Waals surface area contributed by atoms with Crippen molar-refractivity contribution < 1.29 is 18.3 Å². The Balaban J connectivity index is 2.31. The zero-order chi connectivity index (χ0) is 17.5. The summed E-state index contributed by atoms with van der Waals surface area (Å²) in [5.74, 6) is -0.512. The molecule has 0 N–H and O–H groups in total. The average Bonchev–Trinajstić information content (AvgIpc) is 2.99. The quantitative estimate of drug-likeness (QED) is 0.539. The number of allylic oxidation sites excluding steroid dienone is 1. The van der Waals surface area contributed by atoms with E-state index in [1.165, 1.54) is 4.68 Å². The second-order valence-electron chi connectivity index (χ2n) is 4.87. The topological polar surface area (TPSA) is 44.1 Å². The summed E-state index contributed by atoms with van der Waals surface area (Å²) in [6.45, 7) is 2.12. The van der Waals surface area contributed by atoms with E-state index in [0.717, 1.165) is 16.5 Å². The van der Waals surface area contributed by atoms with Crippen LogP contribution in [0.5, 0.6) is 0 Å². The van der Waals surface area contributed by atoms with Gasteiger partial charge in [-0.2, -0.15) is 13.9 Å². The van der Waals surface area contributed by atoms with Crippen LogP contribution in [0.1, 0.15) is 23.8 Å². The normalized spacial score (nSPS) is 10.5. The van der Waals surface area contributed by atoms with Crippen LogP contribution < -0.4 is 0 Å². The van der Waals surface area contributed by atoms with Gasteiger partial charge in [-0.1, -0.05) is 12.1 Å². The molecule has 0 fully saturated rings. The van der Waals surface area contributed by atoms with E-state index in [2.05, 4.69) is 5.10 Å². The average molecular weight is 352 g/mol. The van der Waals surface area contributed by atoms with Crippen molar-refractivity contribution >= 4 is 17.7 Å². The van der Waals surface area contributed by atoms with Crippen molar-refractivity contribution in [2.45, 2.75) is 24.8 Å². The van der Waals surface area contributed by atoms with Crippen molar-refractivity contribution in [3.8, 4) is 11.3 Å². The van der Waals surface area contributed by atoms with Gasteiger partial charge in [0.1, 0.15) is 5.69 Å². The van der Waals surface area contributed by atoms with Crippen LogP contribution in [0, 0.1) is 0 Å². The van der Waals surface area contributed by atoms with Gasteiger partial charge in [0.2, 0.25) is 0 Å². The van der Waals surface area contributed by atoms with Gasteiger partial charge >= 0.3 is 5.97 Å². The summed E-state index contributed by atoms with van der Waals surface area (Å²) in [7, 11) is 0. The van der Waals surface area contributed by atoms with Crippen LogP contribution in [-0.2, 0) is 11.3 Å². The molecule has 0 aliphatic rings.